The molecule has 0 fully saturated rings. The van der Waals surface area contributed by atoms with Crippen molar-refractivity contribution in [3.63, 3.8) is 0 Å². The number of hydrogen-bond acceptors (Lipinski definition) is 2. The summed E-state index contributed by atoms with van der Waals surface area (Å²) < 4.78 is 0. The zero-order chi connectivity index (χ0) is 20.1. The fourth-order valence-electron chi connectivity index (χ4n) is 4.59. The van der Waals surface area contributed by atoms with Crippen LogP contribution in [0.25, 0.3) is 43.1 Å². The number of phenolic OH excluding ortho intramolecular Hbond substituents is 1. The summed E-state index contributed by atoms with van der Waals surface area (Å²) in [6.45, 7) is 0.566. The first kappa shape index (κ1) is 17.0. The molecule has 0 spiro atoms. The molecule has 6 aromatic rings. The van der Waals surface area contributed by atoms with E-state index in [-0.39, 0.29) is 5.75 Å². The van der Waals surface area contributed by atoms with Crippen molar-refractivity contribution in [2.24, 2.45) is 4.99 Å². The molecule has 1 N–H and O–H groups in total. The van der Waals surface area contributed by atoms with Crippen molar-refractivity contribution in [2.45, 2.75) is 6.54 Å². The largest absolute Gasteiger partial charge is 0.507 e. The number of hydrogen-bond donors (Lipinski definition) is 1. The highest BCUT2D eigenvalue weighted by molar-refractivity contribution is 6.23. The molecular formula is C28H19NO. The van der Waals surface area contributed by atoms with Gasteiger partial charge in [0.1, 0.15) is 5.75 Å². The number of aromatic hydroxyl groups is 1. The maximum Gasteiger partial charge on any atom is 0.124 e. The second-order valence-electron chi connectivity index (χ2n) is 7.77. The van der Waals surface area contributed by atoms with Crippen LogP contribution in [0.5, 0.6) is 5.75 Å². The Labute approximate surface area is 174 Å². The van der Waals surface area contributed by atoms with Crippen molar-refractivity contribution in [3.05, 3.63) is 102 Å². The molecule has 0 heterocycles. The van der Waals surface area contributed by atoms with Gasteiger partial charge in [0, 0.05) is 11.8 Å². The van der Waals surface area contributed by atoms with Gasteiger partial charge in [-0.1, -0.05) is 84.9 Å². The monoisotopic (exact) mass is 385 g/mol. The number of nitrogens with zero attached hydrogens (tertiary/aromatic N) is 1. The van der Waals surface area contributed by atoms with Gasteiger partial charge < -0.3 is 5.11 Å². The maximum absolute atomic E-state index is 10.4. The van der Waals surface area contributed by atoms with Gasteiger partial charge in [0.2, 0.25) is 0 Å². The van der Waals surface area contributed by atoms with E-state index in [9.17, 15) is 5.11 Å². The molecule has 0 amide bonds. The number of phenols is 1. The molecule has 0 aliphatic rings. The predicted molar refractivity (Wildman–Crippen MR) is 127 cm³/mol. The van der Waals surface area contributed by atoms with Gasteiger partial charge in [0.15, 0.2) is 0 Å². The molecule has 30 heavy (non-hydrogen) atoms. The molecule has 6 aromatic carbocycles. The quantitative estimate of drug-likeness (QED) is 0.257. The second-order valence-corrected chi connectivity index (χ2v) is 7.77. The van der Waals surface area contributed by atoms with Crippen LogP contribution in [0, 0.1) is 0 Å². The number of aliphatic imine (C=N–C) groups is 1. The molecule has 0 aliphatic heterocycles. The number of rotatable bonds is 3. The van der Waals surface area contributed by atoms with Crippen molar-refractivity contribution in [1.29, 1.82) is 0 Å². The van der Waals surface area contributed by atoms with Crippen LogP contribution in [0.4, 0.5) is 0 Å². The van der Waals surface area contributed by atoms with Crippen LogP contribution < -0.4 is 0 Å². The Morgan fingerprint density at radius 1 is 0.600 bits per heavy atom. The van der Waals surface area contributed by atoms with E-state index in [1.165, 1.54) is 37.9 Å². The number of benzene rings is 6. The Balaban J connectivity index is 1.46. The fraction of sp³-hybridized carbons (Fsp3) is 0.0357. The van der Waals surface area contributed by atoms with Gasteiger partial charge in [-0.3, -0.25) is 4.99 Å². The Hall–Kier alpha value is -3.91. The smallest absolute Gasteiger partial charge is 0.124 e. The lowest BCUT2D eigenvalue weighted by molar-refractivity contribution is 0.475. The van der Waals surface area contributed by atoms with E-state index in [1.54, 1.807) is 12.3 Å². The van der Waals surface area contributed by atoms with E-state index < -0.39 is 0 Å². The molecule has 142 valence electrons. The average Bonchev–Trinajstić information content (AvgIpc) is 2.79. The zero-order valence-electron chi connectivity index (χ0n) is 16.3. The van der Waals surface area contributed by atoms with Gasteiger partial charge >= 0.3 is 0 Å². The summed E-state index contributed by atoms with van der Waals surface area (Å²) in [4.78, 5) is 4.72. The first-order valence-corrected chi connectivity index (χ1v) is 10.2. The van der Waals surface area contributed by atoms with Gasteiger partial charge in [0.05, 0.1) is 6.54 Å². The van der Waals surface area contributed by atoms with Crippen LogP contribution in [0.15, 0.2) is 96.0 Å². The molecule has 6 rings (SSSR count). The molecule has 0 aliphatic carbocycles. The third-order valence-corrected chi connectivity index (χ3v) is 6.05. The molecule has 0 atom stereocenters. The summed E-state index contributed by atoms with van der Waals surface area (Å²) >= 11 is 0. The first-order chi connectivity index (χ1) is 14.8. The normalized spacial score (nSPS) is 12.1. The first-order valence-electron chi connectivity index (χ1n) is 10.2. The highest BCUT2D eigenvalue weighted by atomic mass is 16.3. The van der Waals surface area contributed by atoms with Crippen molar-refractivity contribution in [3.8, 4) is 5.75 Å². The Morgan fingerprint density at radius 2 is 1.27 bits per heavy atom. The third kappa shape index (κ3) is 2.54. The minimum Gasteiger partial charge on any atom is -0.507 e. The second kappa shape index (κ2) is 6.57. The fourth-order valence-corrected chi connectivity index (χ4v) is 4.59. The highest BCUT2D eigenvalue weighted by Crippen LogP contribution is 2.36. The van der Waals surface area contributed by atoms with Crippen LogP contribution in [-0.4, -0.2) is 11.3 Å². The number of fused-ring (bicyclic) bond motifs is 1. The minimum atomic E-state index is 0.257. The summed E-state index contributed by atoms with van der Waals surface area (Å²) in [6.07, 6.45) is 1.80. The zero-order valence-corrected chi connectivity index (χ0v) is 16.3. The van der Waals surface area contributed by atoms with Crippen molar-refractivity contribution >= 4 is 49.3 Å². The summed E-state index contributed by atoms with van der Waals surface area (Å²) in [5.74, 6) is 0.257. The van der Waals surface area contributed by atoms with E-state index in [0.717, 1.165) is 16.3 Å². The Bertz CT molecular complexity index is 1560. The van der Waals surface area contributed by atoms with E-state index >= 15 is 0 Å². The summed E-state index contributed by atoms with van der Waals surface area (Å²) in [7, 11) is 0. The topological polar surface area (TPSA) is 32.6 Å². The van der Waals surface area contributed by atoms with Crippen molar-refractivity contribution in [2.75, 3.05) is 0 Å². The SMILES string of the molecule is Oc1ccc2ccccc2c1C=NCc1ccc2ccc3cccc4ccc1c2c34. The molecule has 0 bridgehead atoms. The van der Waals surface area contributed by atoms with E-state index in [1.807, 2.05) is 30.3 Å². The van der Waals surface area contributed by atoms with E-state index in [0.29, 0.717) is 6.54 Å². The predicted octanol–water partition coefficient (Wildman–Crippen LogP) is 7.06. The van der Waals surface area contributed by atoms with Crippen LogP contribution >= 0.6 is 0 Å². The van der Waals surface area contributed by atoms with E-state index in [2.05, 4.69) is 54.6 Å². The minimum absolute atomic E-state index is 0.257. The lowest BCUT2D eigenvalue weighted by atomic mass is 9.92. The van der Waals surface area contributed by atoms with E-state index in [4.69, 9.17) is 4.99 Å². The molecular weight excluding hydrogens is 366 g/mol. The van der Waals surface area contributed by atoms with Crippen molar-refractivity contribution < 1.29 is 5.11 Å². The van der Waals surface area contributed by atoms with Gasteiger partial charge in [-0.15, -0.1) is 0 Å². The average molecular weight is 385 g/mol. The molecule has 0 saturated heterocycles. The standard InChI is InChI=1S/C28H19NO/c30-26-15-13-18-4-1-2-7-23(18)25(26)17-29-16-22-11-10-21-9-8-19-5-3-6-20-12-14-24(22)28(21)27(19)20/h1-15,17,30H,16H2. The molecule has 0 unspecified atom stereocenters. The Kier molecular flexibility index (Phi) is 3.72. The molecule has 0 saturated carbocycles. The lowest BCUT2D eigenvalue weighted by Crippen LogP contribution is -1.91. The van der Waals surface area contributed by atoms with Crippen LogP contribution in [0.1, 0.15) is 11.1 Å². The van der Waals surface area contributed by atoms with Crippen LogP contribution in [-0.2, 0) is 6.54 Å². The highest BCUT2D eigenvalue weighted by Gasteiger charge is 2.10. The molecule has 0 aromatic heterocycles. The molecule has 2 heteroatoms. The molecule has 2 nitrogen and oxygen atoms in total. The summed E-state index contributed by atoms with van der Waals surface area (Å²) in [6, 6.07) is 31.4. The van der Waals surface area contributed by atoms with Gasteiger partial charge in [0.25, 0.3) is 0 Å². The Morgan fingerprint density at radius 3 is 2.13 bits per heavy atom. The lowest BCUT2D eigenvalue weighted by Gasteiger charge is -2.13. The van der Waals surface area contributed by atoms with Gasteiger partial charge in [-0.2, -0.15) is 0 Å². The van der Waals surface area contributed by atoms with Crippen molar-refractivity contribution in [1.82, 2.24) is 0 Å². The third-order valence-electron chi connectivity index (χ3n) is 6.05. The van der Waals surface area contributed by atoms with Gasteiger partial charge in [-0.25, -0.2) is 0 Å². The summed E-state index contributed by atoms with van der Waals surface area (Å²) in [5.41, 5.74) is 1.96. The summed E-state index contributed by atoms with van der Waals surface area (Å²) in [5, 5.41) is 20.2. The van der Waals surface area contributed by atoms with Gasteiger partial charge in [-0.05, 0) is 54.7 Å². The maximum atomic E-state index is 10.4. The van der Waals surface area contributed by atoms with Crippen LogP contribution in [0.2, 0.25) is 0 Å². The van der Waals surface area contributed by atoms with Crippen LogP contribution in [0.3, 0.4) is 0 Å². The molecule has 0 radical (unpaired) electrons.